The molecule has 3 aromatic rings. The third kappa shape index (κ3) is 6.63. The summed E-state index contributed by atoms with van der Waals surface area (Å²) in [6.07, 6.45) is -3.33. The van der Waals surface area contributed by atoms with Gasteiger partial charge >= 0.3 is 6.18 Å². The van der Waals surface area contributed by atoms with E-state index in [0.717, 1.165) is 18.2 Å². The highest BCUT2D eigenvalue weighted by molar-refractivity contribution is 9.10. The summed E-state index contributed by atoms with van der Waals surface area (Å²) in [5.41, 5.74) is 0.127. The minimum Gasteiger partial charge on any atom is -0.486 e. The fourth-order valence-corrected chi connectivity index (χ4v) is 3.98. The van der Waals surface area contributed by atoms with Crippen molar-refractivity contribution in [2.45, 2.75) is 12.8 Å². The smallest absolute Gasteiger partial charge is 0.416 e. The number of carbonyl (C=O) groups is 1. The molecule has 3 aromatic carbocycles. The second kappa shape index (κ2) is 11.1. The number of hydrogen-bond acceptors (Lipinski definition) is 4. The number of amides is 1. The van der Waals surface area contributed by atoms with Crippen LogP contribution in [-0.2, 0) is 17.6 Å². The van der Waals surface area contributed by atoms with E-state index in [4.69, 9.17) is 16.3 Å². The first-order chi connectivity index (χ1) is 16.6. The van der Waals surface area contributed by atoms with Crippen molar-refractivity contribution in [3.63, 3.8) is 0 Å². The first-order valence-corrected chi connectivity index (χ1v) is 11.0. The summed E-state index contributed by atoms with van der Waals surface area (Å²) in [6.45, 7) is 0.0834. The summed E-state index contributed by atoms with van der Waals surface area (Å²) >= 11 is 9.67. The number of alkyl halides is 3. The van der Waals surface area contributed by atoms with Crippen molar-refractivity contribution < 1.29 is 22.7 Å². The Bertz CT molecular complexity index is 1370. The van der Waals surface area contributed by atoms with Crippen LogP contribution in [0.5, 0.6) is 5.75 Å². The summed E-state index contributed by atoms with van der Waals surface area (Å²) in [6, 6.07) is 17.9. The third-order valence-electron chi connectivity index (χ3n) is 4.65. The van der Waals surface area contributed by atoms with E-state index in [2.05, 4.69) is 27.3 Å². The van der Waals surface area contributed by atoms with Crippen LogP contribution in [0.1, 0.15) is 22.3 Å². The predicted octanol–water partition coefficient (Wildman–Crippen LogP) is 7.12. The van der Waals surface area contributed by atoms with Crippen LogP contribution in [0.25, 0.3) is 6.08 Å². The van der Waals surface area contributed by atoms with E-state index in [9.17, 15) is 28.5 Å². The van der Waals surface area contributed by atoms with E-state index in [1.807, 2.05) is 0 Å². The molecule has 0 atom stereocenters. The third-order valence-corrected chi connectivity index (χ3v) is 5.52. The highest BCUT2D eigenvalue weighted by Gasteiger charge is 2.30. The number of benzene rings is 3. The number of nitrogens with one attached hydrogen (secondary N) is 1. The van der Waals surface area contributed by atoms with Crippen molar-refractivity contribution in [2.75, 3.05) is 5.32 Å². The molecule has 0 aromatic heterocycles. The van der Waals surface area contributed by atoms with Gasteiger partial charge in [0, 0.05) is 11.3 Å². The first kappa shape index (κ1) is 25.8. The number of rotatable bonds is 6. The van der Waals surface area contributed by atoms with Crippen LogP contribution in [0.4, 0.5) is 18.9 Å². The highest BCUT2D eigenvalue weighted by Crippen LogP contribution is 2.36. The summed E-state index contributed by atoms with van der Waals surface area (Å²) in [5.74, 6) is -0.587. The van der Waals surface area contributed by atoms with Crippen LogP contribution in [0.3, 0.4) is 0 Å². The Hall–Kier alpha value is -3.79. The summed E-state index contributed by atoms with van der Waals surface area (Å²) in [5, 5.41) is 21.1. The van der Waals surface area contributed by atoms with Gasteiger partial charge in [0.15, 0.2) is 5.75 Å². The van der Waals surface area contributed by atoms with E-state index in [-0.39, 0.29) is 22.9 Å². The van der Waals surface area contributed by atoms with Crippen LogP contribution in [0.15, 0.2) is 70.7 Å². The fraction of sp³-hybridized carbons (Fsp3) is 0.0800. The summed E-state index contributed by atoms with van der Waals surface area (Å²) in [7, 11) is 0. The molecule has 1 amide bonds. The summed E-state index contributed by atoms with van der Waals surface area (Å²) in [4.78, 5) is 12.5. The number of nitrogens with zero attached hydrogens (tertiary/aromatic N) is 2. The number of hydrogen-bond donors (Lipinski definition) is 1. The lowest BCUT2D eigenvalue weighted by Crippen LogP contribution is -2.14. The Labute approximate surface area is 212 Å². The molecule has 35 heavy (non-hydrogen) atoms. The Kier molecular flexibility index (Phi) is 8.18. The zero-order valence-corrected chi connectivity index (χ0v) is 20.0. The van der Waals surface area contributed by atoms with Gasteiger partial charge in [-0.2, -0.15) is 23.7 Å². The second-order valence-electron chi connectivity index (χ2n) is 7.07. The van der Waals surface area contributed by atoms with Crippen LogP contribution < -0.4 is 10.1 Å². The van der Waals surface area contributed by atoms with E-state index < -0.39 is 17.6 Å². The van der Waals surface area contributed by atoms with Crippen molar-refractivity contribution in [1.82, 2.24) is 0 Å². The monoisotopic (exact) mass is 559 g/mol. The van der Waals surface area contributed by atoms with Gasteiger partial charge in [-0.25, -0.2) is 0 Å². The molecule has 0 saturated carbocycles. The zero-order chi connectivity index (χ0) is 25.6. The van der Waals surface area contributed by atoms with Crippen molar-refractivity contribution >= 4 is 45.2 Å². The maximum atomic E-state index is 12.9. The highest BCUT2D eigenvalue weighted by atomic mass is 79.9. The van der Waals surface area contributed by atoms with Gasteiger partial charge in [0.2, 0.25) is 0 Å². The molecular formula is C25H14BrClF3N3O2. The van der Waals surface area contributed by atoms with Crippen molar-refractivity contribution in [1.29, 1.82) is 10.5 Å². The van der Waals surface area contributed by atoms with Gasteiger partial charge in [0.1, 0.15) is 18.2 Å². The Morgan fingerprint density at radius 1 is 1.11 bits per heavy atom. The molecule has 10 heteroatoms. The molecule has 5 nitrogen and oxygen atoms in total. The molecular weight excluding hydrogens is 547 g/mol. The van der Waals surface area contributed by atoms with E-state index in [0.29, 0.717) is 26.9 Å². The van der Waals surface area contributed by atoms with Gasteiger partial charge in [-0.1, -0.05) is 35.9 Å². The lowest BCUT2D eigenvalue weighted by molar-refractivity contribution is -0.137. The average Bonchev–Trinajstić information content (AvgIpc) is 2.81. The Morgan fingerprint density at radius 2 is 1.86 bits per heavy atom. The molecule has 0 radical (unpaired) electrons. The zero-order valence-electron chi connectivity index (χ0n) is 17.7. The summed E-state index contributed by atoms with van der Waals surface area (Å²) < 4.78 is 44.9. The number of halogens is 5. The van der Waals surface area contributed by atoms with Gasteiger partial charge in [-0.05, 0) is 64.0 Å². The van der Waals surface area contributed by atoms with Crippen LogP contribution in [0.2, 0.25) is 5.02 Å². The van der Waals surface area contributed by atoms with E-state index in [1.165, 1.54) is 18.2 Å². The SMILES string of the molecule is N#C/C(=C/c1cc(Cl)c(OCc2ccccc2C#N)c(Br)c1)C(=O)Nc1cccc(C(F)(F)F)c1. The maximum Gasteiger partial charge on any atom is 0.416 e. The molecule has 3 rings (SSSR count). The average molecular weight is 561 g/mol. The topological polar surface area (TPSA) is 85.9 Å². The van der Waals surface area contributed by atoms with Gasteiger partial charge in [0.05, 0.1) is 26.7 Å². The first-order valence-electron chi connectivity index (χ1n) is 9.82. The molecule has 0 aliphatic heterocycles. The van der Waals surface area contributed by atoms with Crippen LogP contribution in [0, 0.1) is 22.7 Å². The molecule has 0 aliphatic rings. The van der Waals surface area contributed by atoms with Crippen molar-refractivity contribution in [3.8, 4) is 17.9 Å². The quantitative estimate of drug-likeness (QED) is 0.257. The molecule has 0 fully saturated rings. The second-order valence-corrected chi connectivity index (χ2v) is 8.34. The molecule has 176 valence electrons. The van der Waals surface area contributed by atoms with Crippen molar-refractivity contribution in [2.24, 2.45) is 0 Å². The number of carbonyl (C=O) groups excluding carboxylic acids is 1. The minimum atomic E-state index is -4.57. The molecule has 0 aliphatic carbocycles. The van der Waals surface area contributed by atoms with Gasteiger partial charge in [-0.15, -0.1) is 0 Å². The molecule has 0 spiro atoms. The van der Waals surface area contributed by atoms with Gasteiger partial charge in [-0.3, -0.25) is 4.79 Å². The molecule has 1 N–H and O–H groups in total. The maximum absolute atomic E-state index is 12.9. The lowest BCUT2D eigenvalue weighted by Gasteiger charge is -2.12. The standard InChI is InChI=1S/C25H14BrClF3N3O2/c26-21-9-15(10-22(27)23(21)35-14-17-5-2-1-4-16(17)12-31)8-18(13-32)24(34)33-20-7-3-6-19(11-20)25(28,29)30/h1-11H,14H2,(H,33,34)/b18-8-. The number of nitriles is 2. The normalized spacial score (nSPS) is 11.3. The molecule has 0 saturated heterocycles. The Morgan fingerprint density at radius 3 is 2.51 bits per heavy atom. The van der Waals surface area contributed by atoms with E-state index >= 15 is 0 Å². The van der Waals surface area contributed by atoms with Crippen LogP contribution in [-0.4, -0.2) is 5.91 Å². The van der Waals surface area contributed by atoms with Gasteiger partial charge in [0.25, 0.3) is 5.91 Å². The van der Waals surface area contributed by atoms with E-state index in [1.54, 1.807) is 36.4 Å². The predicted molar refractivity (Wildman–Crippen MR) is 128 cm³/mol. The molecule has 0 unspecified atom stereocenters. The van der Waals surface area contributed by atoms with Crippen molar-refractivity contribution in [3.05, 3.63) is 98.0 Å². The van der Waals surface area contributed by atoms with Gasteiger partial charge < -0.3 is 10.1 Å². The molecule has 0 bridgehead atoms. The van der Waals surface area contributed by atoms with Crippen LogP contribution >= 0.6 is 27.5 Å². The minimum absolute atomic E-state index is 0.0834. The fourth-order valence-electron chi connectivity index (χ4n) is 2.99. The number of ether oxygens (including phenoxy) is 1. The largest absolute Gasteiger partial charge is 0.486 e. The Balaban J connectivity index is 1.79. The molecule has 0 heterocycles. The number of anilines is 1. The lowest BCUT2D eigenvalue weighted by atomic mass is 10.1.